The molecule has 102 valence electrons. The van der Waals surface area contributed by atoms with Gasteiger partial charge < -0.3 is 10.6 Å². The quantitative estimate of drug-likeness (QED) is 0.748. The van der Waals surface area contributed by atoms with E-state index in [9.17, 15) is 0 Å². The van der Waals surface area contributed by atoms with Crippen LogP contribution in [0.4, 0.5) is 11.5 Å². The van der Waals surface area contributed by atoms with Crippen molar-refractivity contribution in [2.75, 3.05) is 17.7 Å². The zero-order valence-corrected chi connectivity index (χ0v) is 12.3. The molecule has 0 aliphatic heterocycles. The smallest absolute Gasteiger partial charge is 0.141 e. The molecule has 5 heteroatoms. The Hall–Kier alpha value is -2.14. The maximum atomic E-state index is 5.87. The molecule has 1 atom stereocenters. The molecule has 0 saturated heterocycles. The summed E-state index contributed by atoms with van der Waals surface area (Å²) in [4.78, 5) is 11.9. The SMILES string of the molecule is CC(c1cccc(N)c1)N(C)c1ncnc2sccc12. The van der Waals surface area contributed by atoms with Gasteiger partial charge in [0.2, 0.25) is 0 Å². The number of nitrogens with two attached hydrogens (primary N) is 1. The first-order valence-corrected chi connectivity index (χ1v) is 7.31. The summed E-state index contributed by atoms with van der Waals surface area (Å²) in [6.45, 7) is 2.15. The second-order valence-electron chi connectivity index (χ2n) is 4.79. The van der Waals surface area contributed by atoms with Gasteiger partial charge in [0, 0.05) is 12.7 Å². The third-order valence-corrected chi connectivity index (χ3v) is 4.37. The largest absolute Gasteiger partial charge is 0.399 e. The first-order valence-electron chi connectivity index (χ1n) is 6.43. The summed E-state index contributed by atoms with van der Waals surface area (Å²) in [6.07, 6.45) is 1.62. The van der Waals surface area contributed by atoms with E-state index >= 15 is 0 Å². The van der Waals surface area contributed by atoms with Gasteiger partial charge in [-0.15, -0.1) is 11.3 Å². The Morgan fingerprint density at radius 1 is 1.25 bits per heavy atom. The summed E-state index contributed by atoms with van der Waals surface area (Å²) < 4.78 is 0. The summed E-state index contributed by atoms with van der Waals surface area (Å²) in [6, 6.07) is 10.2. The molecule has 2 N–H and O–H groups in total. The van der Waals surface area contributed by atoms with Crippen molar-refractivity contribution in [2.24, 2.45) is 0 Å². The second kappa shape index (κ2) is 5.09. The van der Waals surface area contributed by atoms with Crippen molar-refractivity contribution in [3.63, 3.8) is 0 Å². The van der Waals surface area contributed by atoms with Crippen LogP contribution >= 0.6 is 11.3 Å². The second-order valence-corrected chi connectivity index (χ2v) is 5.69. The van der Waals surface area contributed by atoms with Crippen LogP contribution in [-0.4, -0.2) is 17.0 Å². The van der Waals surface area contributed by atoms with Gasteiger partial charge in [0.1, 0.15) is 17.0 Å². The minimum Gasteiger partial charge on any atom is -0.399 e. The van der Waals surface area contributed by atoms with Crippen LogP contribution in [0.15, 0.2) is 42.0 Å². The molecule has 0 bridgehead atoms. The van der Waals surface area contributed by atoms with Gasteiger partial charge >= 0.3 is 0 Å². The molecule has 20 heavy (non-hydrogen) atoms. The molecule has 0 radical (unpaired) electrons. The Bertz CT molecular complexity index is 737. The lowest BCUT2D eigenvalue weighted by molar-refractivity contribution is 0.731. The van der Waals surface area contributed by atoms with Crippen LogP contribution < -0.4 is 10.6 Å². The number of hydrogen-bond donors (Lipinski definition) is 1. The molecule has 2 aromatic heterocycles. The van der Waals surface area contributed by atoms with Crippen molar-refractivity contribution in [2.45, 2.75) is 13.0 Å². The molecule has 1 aromatic carbocycles. The van der Waals surface area contributed by atoms with Gasteiger partial charge in [-0.25, -0.2) is 9.97 Å². The van der Waals surface area contributed by atoms with Gasteiger partial charge in [-0.05, 0) is 36.1 Å². The summed E-state index contributed by atoms with van der Waals surface area (Å²) in [5.74, 6) is 0.950. The van der Waals surface area contributed by atoms with E-state index in [1.165, 1.54) is 5.56 Å². The Balaban J connectivity index is 1.99. The van der Waals surface area contributed by atoms with Crippen molar-refractivity contribution in [3.05, 3.63) is 47.6 Å². The Morgan fingerprint density at radius 3 is 2.90 bits per heavy atom. The highest BCUT2D eigenvalue weighted by Crippen LogP contribution is 2.31. The van der Waals surface area contributed by atoms with Gasteiger partial charge in [0.25, 0.3) is 0 Å². The predicted molar refractivity (Wildman–Crippen MR) is 85.1 cm³/mol. The van der Waals surface area contributed by atoms with Crippen molar-refractivity contribution < 1.29 is 0 Å². The third-order valence-electron chi connectivity index (χ3n) is 3.55. The first-order chi connectivity index (χ1) is 9.66. The van der Waals surface area contributed by atoms with Crippen LogP contribution in [0, 0.1) is 0 Å². The normalized spacial score (nSPS) is 12.5. The summed E-state index contributed by atoms with van der Waals surface area (Å²) in [5.41, 5.74) is 7.83. The molecule has 1 unspecified atom stereocenters. The monoisotopic (exact) mass is 284 g/mol. The molecular formula is C15H16N4S. The van der Waals surface area contributed by atoms with Crippen molar-refractivity contribution >= 4 is 33.1 Å². The van der Waals surface area contributed by atoms with Gasteiger partial charge in [0.15, 0.2) is 0 Å². The van der Waals surface area contributed by atoms with Crippen LogP contribution in [0.3, 0.4) is 0 Å². The number of rotatable bonds is 3. The van der Waals surface area contributed by atoms with Gasteiger partial charge in [-0.1, -0.05) is 12.1 Å². The van der Waals surface area contributed by atoms with E-state index in [4.69, 9.17) is 5.73 Å². The molecule has 0 aliphatic rings. The molecule has 2 heterocycles. The zero-order valence-electron chi connectivity index (χ0n) is 11.4. The van der Waals surface area contributed by atoms with E-state index in [0.717, 1.165) is 21.7 Å². The van der Waals surface area contributed by atoms with E-state index < -0.39 is 0 Å². The fourth-order valence-electron chi connectivity index (χ4n) is 2.28. The summed E-state index contributed by atoms with van der Waals surface area (Å²) in [7, 11) is 2.05. The Kier molecular flexibility index (Phi) is 3.28. The van der Waals surface area contributed by atoms with Crippen LogP contribution in [0.25, 0.3) is 10.2 Å². The maximum absolute atomic E-state index is 5.87. The minimum absolute atomic E-state index is 0.191. The van der Waals surface area contributed by atoms with Gasteiger partial charge in [-0.3, -0.25) is 0 Å². The van der Waals surface area contributed by atoms with Crippen molar-refractivity contribution in [3.8, 4) is 0 Å². The average molecular weight is 284 g/mol. The number of nitrogen functional groups attached to an aromatic ring is 1. The molecule has 3 rings (SSSR count). The van der Waals surface area contributed by atoms with Crippen molar-refractivity contribution in [1.82, 2.24) is 9.97 Å². The number of thiophene rings is 1. The first kappa shape index (κ1) is 12.9. The van der Waals surface area contributed by atoms with Crippen molar-refractivity contribution in [1.29, 1.82) is 0 Å². The molecule has 0 spiro atoms. The fourth-order valence-corrected chi connectivity index (χ4v) is 3.01. The number of fused-ring (bicyclic) bond motifs is 1. The van der Waals surface area contributed by atoms with Gasteiger partial charge in [-0.2, -0.15) is 0 Å². The molecule has 3 aromatic rings. The van der Waals surface area contributed by atoms with Gasteiger partial charge in [0.05, 0.1) is 11.4 Å². The number of benzene rings is 1. The summed E-state index contributed by atoms with van der Waals surface area (Å²) in [5, 5.41) is 3.14. The number of nitrogens with zero attached hydrogens (tertiary/aromatic N) is 3. The van der Waals surface area contributed by atoms with E-state index in [0.29, 0.717) is 0 Å². The fraction of sp³-hybridized carbons (Fsp3) is 0.200. The lowest BCUT2D eigenvalue weighted by atomic mass is 10.1. The van der Waals surface area contributed by atoms with Crippen LogP contribution in [0.1, 0.15) is 18.5 Å². The number of aromatic nitrogens is 2. The third kappa shape index (κ3) is 2.20. The van der Waals surface area contributed by atoms with Crippen LogP contribution in [0.5, 0.6) is 0 Å². The standard InChI is InChI=1S/C15H16N4S/c1-10(11-4-3-5-12(16)8-11)19(2)14-13-6-7-20-15(13)18-9-17-14/h3-10H,16H2,1-2H3. The lowest BCUT2D eigenvalue weighted by Gasteiger charge is -2.27. The average Bonchev–Trinajstić information content (AvgIpc) is 2.94. The molecule has 0 saturated carbocycles. The molecule has 0 fully saturated rings. The highest BCUT2D eigenvalue weighted by molar-refractivity contribution is 7.16. The summed E-state index contributed by atoms with van der Waals surface area (Å²) >= 11 is 1.63. The topological polar surface area (TPSA) is 55.0 Å². The zero-order chi connectivity index (χ0) is 14.1. The highest BCUT2D eigenvalue weighted by atomic mass is 32.1. The van der Waals surface area contributed by atoms with E-state index in [1.807, 2.05) is 30.6 Å². The maximum Gasteiger partial charge on any atom is 0.141 e. The van der Waals surface area contributed by atoms with E-state index in [-0.39, 0.29) is 6.04 Å². The number of hydrogen-bond acceptors (Lipinski definition) is 5. The molecule has 0 amide bonds. The molecule has 0 aliphatic carbocycles. The van der Waals surface area contributed by atoms with E-state index in [1.54, 1.807) is 17.7 Å². The van der Waals surface area contributed by atoms with E-state index in [2.05, 4.69) is 33.9 Å². The minimum atomic E-state index is 0.191. The Morgan fingerprint density at radius 2 is 2.10 bits per heavy atom. The highest BCUT2D eigenvalue weighted by Gasteiger charge is 2.16. The molecule has 4 nitrogen and oxygen atoms in total. The number of anilines is 2. The lowest BCUT2D eigenvalue weighted by Crippen LogP contribution is -2.23. The molecular weight excluding hydrogens is 268 g/mol. The predicted octanol–water partition coefficient (Wildman–Crippen LogP) is 3.47. The van der Waals surface area contributed by atoms with Crippen LogP contribution in [0.2, 0.25) is 0 Å². The Labute approximate surface area is 121 Å². The van der Waals surface area contributed by atoms with Crippen LogP contribution in [-0.2, 0) is 0 Å².